The zero-order valence-electron chi connectivity index (χ0n) is 12.3. The maximum atomic E-state index is 11.3. The molecule has 1 heterocycles. The molecule has 2 rings (SSSR count). The van der Waals surface area contributed by atoms with Gasteiger partial charge in [-0.2, -0.15) is 0 Å². The second-order valence-electron chi connectivity index (χ2n) is 4.70. The second-order valence-corrected chi connectivity index (χ2v) is 4.70. The van der Waals surface area contributed by atoms with Crippen LogP contribution in [-0.4, -0.2) is 23.0 Å². The molecule has 0 aliphatic heterocycles. The Morgan fingerprint density at radius 2 is 1.95 bits per heavy atom. The fourth-order valence-corrected chi connectivity index (χ4v) is 1.89. The highest BCUT2D eigenvalue weighted by molar-refractivity contribution is 5.86. The van der Waals surface area contributed by atoms with Gasteiger partial charge >= 0.3 is 5.97 Å². The first-order valence-corrected chi connectivity index (χ1v) is 6.99. The van der Waals surface area contributed by atoms with Crippen molar-refractivity contribution in [1.82, 2.24) is 9.97 Å². The number of benzene rings is 1. The Morgan fingerprint density at radius 3 is 2.52 bits per heavy atom. The van der Waals surface area contributed by atoms with Gasteiger partial charge < -0.3 is 10.1 Å². The van der Waals surface area contributed by atoms with Crippen LogP contribution in [0.3, 0.4) is 0 Å². The van der Waals surface area contributed by atoms with Gasteiger partial charge in [-0.15, -0.1) is 0 Å². The van der Waals surface area contributed by atoms with Crippen LogP contribution in [0.25, 0.3) is 0 Å². The third-order valence-corrected chi connectivity index (χ3v) is 3.09. The van der Waals surface area contributed by atoms with Crippen LogP contribution < -0.4 is 5.32 Å². The van der Waals surface area contributed by atoms with E-state index in [0.717, 1.165) is 12.1 Å². The number of methoxy groups -OCH3 is 1. The predicted octanol–water partition coefficient (Wildman–Crippen LogP) is 3.35. The molecule has 0 fully saturated rings. The van der Waals surface area contributed by atoms with E-state index in [0.29, 0.717) is 5.82 Å². The highest BCUT2D eigenvalue weighted by Gasteiger charge is 2.07. The normalized spacial score (nSPS) is 10.2. The summed E-state index contributed by atoms with van der Waals surface area (Å²) in [7, 11) is 1.32. The molecular weight excluding hydrogens is 266 g/mol. The zero-order valence-corrected chi connectivity index (χ0v) is 12.3. The minimum atomic E-state index is -0.491. The minimum absolute atomic E-state index is 0.193. The molecule has 0 bridgehead atoms. The SMILES string of the molecule is CCCCc1ccc(Nc2cnc(C(=O)OC)cn2)cc1. The molecule has 2 aromatic rings. The first-order chi connectivity index (χ1) is 10.2. The minimum Gasteiger partial charge on any atom is -0.464 e. The monoisotopic (exact) mass is 285 g/mol. The highest BCUT2D eigenvalue weighted by atomic mass is 16.5. The largest absolute Gasteiger partial charge is 0.464 e. The number of hydrogen-bond acceptors (Lipinski definition) is 5. The van der Waals surface area contributed by atoms with Crippen molar-refractivity contribution in [2.24, 2.45) is 0 Å². The molecule has 0 aliphatic rings. The Kier molecular flexibility index (Phi) is 5.26. The third-order valence-electron chi connectivity index (χ3n) is 3.09. The van der Waals surface area contributed by atoms with E-state index in [1.807, 2.05) is 12.1 Å². The first kappa shape index (κ1) is 15.0. The van der Waals surface area contributed by atoms with Gasteiger partial charge in [0.25, 0.3) is 0 Å². The smallest absolute Gasteiger partial charge is 0.358 e. The molecule has 0 saturated heterocycles. The first-order valence-electron chi connectivity index (χ1n) is 6.99. The van der Waals surface area contributed by atoms with Crippen molar-refractivity contribution in [1.29, 1.82) is 0 Å². The molecule has 110 valence electrons. The number of nitrogens with zero attached hydrogens (tertiary/aromatic N) is 2. The number of hydrogen-bond donors (Lipinski definition) is 1. The molecule has 5 nitrogen and oxygen atoms in total. The standard InChI is InChI=1S/C16H19N3O2/c1-3-4-5-12-6-8-13(9-7-12)19-15-11-17-14(10-18-15)16(20)21-2/h6-11H,3-5H2,1-2H3,(H,18,19). The number of nitrogens with one attached hydrogen (secondary N) is 1. The average Bonchev–Trinajstić information content (AvgIpc) is 2.54. The van der Waals surface area contributed by atoms with E-state index in [4.69, 9.17) is 0 Å². The number of ether oxygens (including phenoxy) is 1. The van der Waals surface area contributed by atoms with Gasteiger partial charge in [0.2, 0.25) is 0 Å². The van der Waals surface area contributed by atoms with Crippen molar-refractivity contribution in [2.45, 2.75) is 26.2 Å². The maximum Gasteiger partial charge on any atom is 0.358 e. The van der Waals surface area contributed by atoms with E-state index in [1.54, 1.807) is 0 Å². The number of carbonyl (C=O) groups excluding carboxylic acids is 1. The maximum absolute atomic E-state index is 11.3. The number of anilines is 2. The number of rotatable bonds is 6. The van der Waals surface area contributed by atoms with Crippen LogP contribution in [0.1, 0.15) is 35.8 Å². The van der Waals surface area contributed by atoms with Gasteiger partial charge in [0, 0.05) is 5.69 Å². The average molecular weight is 285 g/mol. The lowest BCUT2D eigenvalue weighted by atomic mass is 10.1. The van der Waals surface area contributed by atoms with Gasteiger partial charge in [0.15, 0.2) is 5.69 Å². The Labute approximate surface area is 124 Å². The highest BCUT2D eigenvalue weighted by Crippen LogP contribution is 2.16. The fourth-order valence-electron chi connectivity index (χ4n) is 1.89. The molecule has 0 radical (unpaired) electrons. The number of unbranched alkanes of at least 4 members (excludes halogenated alkanes) is 1. The van der Waals surface area contributed by atoms with Gasteiger partial charge in [-0.3, -0.25) is 0 Å². The summed E-state index contributed by atoms with van der Waals surface area (Å²) in [4.78, 5) is 19.4. The zero-order chi connectivity index (χ0) is 15.1. The molecule has 21 heavy (non-hydrogen) atoms. The van der Waals surface area contributed by atoms with Crippen molar-refractivity contribution in [2.75, 3.05) is 12.4 Å². The molecule has 0 saturated carbocycles. The van der Waals surface area contributed by atoms with Crippen LogP contribution in [0.4, 0.5) is 11.5 Å². The number of aromatic nitrogens is 2. The number of esters is 1. The molecular formula is C16H19N3O2. The summed E-state index contributed by atoms with van der Waals surface area (Å²) in [5.74, 6) is 0.0956. The number of aryl methyl sites for hydroxylation is 1. The van der Waals surface area contributed by atoms with Gasteiger partial charge in [0.1, 0.15) is 5.82 Å². The van der Waals surface area contributed by atoms with Gasteiger partial charge in [-0.25, -0.2) is 14.8 Å². The topological polar surface area (TPSA) is 64.1 Å². The molecule has 5 heteroatoms. The van der Waals surface area contributed by atoms with Crippen LogP contribution in [0.15, 0.2) is 36.7 Å². The van der Waals surface area contributed by atoms with Crippen LogP contribution in [0, 0.1) is 0 Å². The van der Waals surface area contributed by atoms with Crippen LogP contribution >= 0.6 is 0 Å². The van der Waals surface area contributed by atoms with Crippen LogP contribution in [0.2, 0.25) is 0 Å². The quantitative estimate of drug-likeness (QED) is 0.825. The van der Waals surface area contributed by atoms with Crippen molar-refractivity contribution < 1.29 is 9.53 Å². The number of carbonyl (C=O) groups is 1. The Bertz CT molecular complexity index is 579. The molecule has 1 N–H and O–H groups in total. The molecule has 0 spiro atoms. The molecule has 1 aromatic heterocycles. The van der Waals surface area contributed by atoms with Crippen molar-refractivity contribution in [3.8, 4) is 0 Å². The van der Waals surface area contributed by atoms with E-state index in [1.165, 1.54) is 37.9 Å². The van der Waals surface area contributed by atoms with Crippen molar-refractivity contribution in [3.63, 3.8) is 0 Å². The summed E-state index contributed by atoms with van der Waals surface area (Å²) in [6.45, 7) is 2.19. The van der Waals surface area contributed by atoms with Gasteiger partial charge in [-0.1, -0.05) is 25.5 Å². The van der Waals surface area contributed by atoms with Crippen LogP contribution in [0.5, 0.6) is 0 Å². The Hall–Kier alpha value is -2.43. The lowest BCUT2D eigenvalue weighted by Crippen LogP contribution is -2.05. The van der Waals surface area contributed by atoms with E-state index >= 15 is 0 Å². The van der Waals surface area contributed by atoms with Crippen LogP contribution in [-0.2, 0) is 11.2 Å². The summed E-state index contributed by atoms with van der Waals surface area (Å²) in [5, 5.41) is 3.15. The van der Waals surface area contributed by atoms with E-state index in [-0.39, 0.29) is 5.69 Å². The van der Waals surface area contributed by atoms with E-state index in [2.05, 4.69) is 39.1 Å². The summed E-state index contributed by atoms with van der Waals surface area (Å²) in [6, 6.07) is 8.24. The molecule has 0 amide bonds. The Balaban J connectivity index is 1.99. The third kappa shape index (κ3) is 4.27. The van der Waals surface area contributed by atoms with Gasteiger partial charge in [-0.05, 0) is 30.5 Å². The fraction of sp³-hybridized carbons (Fsp3) is 0.312. The van der Waals surface area contributed by atoms with Gasteiger partial charge in [0.05, 0.1) is 19.5 Å². The Morgan fingerprint density at radius 1 is 1.19 bits per heavy atom. The molecule has 0 atom stereocenters. The molecule has 0 aliphatic carbocycles. The lowest BCUT2D eigenvalue weighted by Gasteiger charge is -2.07. The van der Waals surface area contributed by atoms with E-state index in [9.17, 15) is 4.79 Å². The summed E-state index contributed by atoms with van der Waals surface area (Å²) >= 11 is 0. The lowest BCUT2D eigenvalue weighted by molar-refractivity contribution is 0.0593. The summed E-state index contributed by atoms with van der Waals surface area (Å²) in [6.07, 6.45) is 6.40. The predicted molar refractivity (Wildman–Crippen MR) is 81.7 cm³/mol. The second kappa shape index (κ2) is 7.38. The van der Waals surface area contributed by atoms with E-state index < -0.39 is 5.97 Å². The van der Waals surface area contributed by atoms with Crippen molar-refractivity contribution >= 4 is 17.5 Å². The van der Waals surface area contributed by atoms with Crippen molar-refractivity contribution in [3.05, 3.63) is 47.9 Å². The summed E-state index contributed by atoms with van der Waals surface area (Å²) < 4.78 is 4.58. The molecule has 0 unspecified atom stereocenters. The summed E-state index contributed by atoms with van der Waals surface area (Å²) in [5.41, 5.74) is 2.46. The molecule has 1 aromatic carbocycles.